The predicted molar refractivity (Wildman–Crippen MR) is 109 cm³/mol. The number of hydrogen-bond donors (Lipinski definition) is 2. The summed E-state index contributed by atoms with van der Waals surface area (Å²) in [6, 6.07) is 12.3. The Morgan fingerprint density at radius 3 is 2.52 bits per heavy atom. The minimum Gasteiger partial charge on any atom is -0.342 e. The number of unbranched alkanes of at least 4 members (excludes halogenated alkanes) is 1. The van der Waals surface area contributed by atoms with Crippen molar-refractivity contribution in [3.05, 3.63) is 59.9 Å². The van der Waals surface area contributed by atoms with Crippen molar-refractivity contribution in [1.82, 2.24) is 4.90 Å². The van der Waals surface area contributed by atoms with Gasteiger partial charge in [0.15, 0.2) is 0 Å². The highest BCUT2D eigenvalue weighted by molar-refractivity contribution is 6.05. The third-order valence-electron chi connectivity index (χ3n) is 4.90. The fourth-order valence-corrected chi connectivity index (χ4v) is 3.22. The molecule has 1 saturated heterocycles. The van der Waals surface area contributed by atoms with Gasteiger partial charge in [0, 0.05) is 30.8 Å². The van der Waals surface area contributed by atoms with E-state index in [1.165, 1.54) is 12.1 Å². The van der Waals surface area contributed by atoms with E-state index in [0.717, 1.165) is 12.8 Å². The van der Waals surface area contributed by atoms with Crippen molar-refractivity contribution in [3.63, 3.8) is 0 Å². The number of carbonyl (C=O) groups excluding carboxylic acids is 3. The summed E-state index contributed by atoms with van der Waals surface area (Å²) in [6.45, 7) is 3.18. The molecule has 0 spiro atoms. The Labute approximate surface area is 169 Å². The van der Waals surface area contributed by atoms with Crippen LogP contribution in [0.3, 0.4) is 0 Å². The lowest BCUT2D eigenvalue weighted by Gasteiger charge is -2.16. The molecule has 6 nitrogen and oxygen atoms in total. The lowest BCUT2D eigenvalue weighted by molar-refractivity contribution is -0.128. The summed E-state index contributed by atoms with van der Waals surface area (Å²) in [6.07, 6.45) is 2.15. The van der Waals surface area contributed by atoms with Gasteiger partial charge in [0.05, 0.1) is 11.6 Å². The van der Waals surface area contributed by atoms with Gasteiger partial charge in [-0.2, -0.15) is 0 Å². The molecular formula is C22H24FN3O3. The zero-order chi connectivity index (χ0) is 20.8. The number of nitrogens with one attached hydrogen (secondary N) is 2. The van der Waals surface area contributed by atoms with Crippen LogP contribution in [0.5, 0.6) is 0 Å². The van der Waals surface area contributed by atoms with Crippen molar-refractivity contribution < 1.29 is 18.8 Å². The highest BCUT2D eigenvalue weighted by Gasteiger charge is 2.33. The largest absolute Gasteiger partial charge is 0.342 e. The van der Waals surface area contributed by atoms with Gasteiger partial charge in [0.1, 0.15) is 5.82 Å². The molecule has 1 fully saturated rings. The molecule has 29 heavy (non-hydrogen) atoms. The molecular weight excluding hydrogens is 373 g/mol. The van der Waals surface area contributed by atoms with Crippen LogP contribution in [0.1, 0.15) is 36.5 Å². The van der Waals surface area contributed by atoms with Crippen LogP contribution in [0, 0.1) is 11.7 Å². The van der Waals surface area contributed by atoms with Crippen molar-refractivity contribution >= 4 is 29.1 Å². The van der Waals surface area contributed by atoms with E-state index < -0.39 is 11.7 Å². The van der Waals surface area contributed by atoms with E-state index in [9.17, 15) is 18.8 Å². The van der Waals surface area contributed by atoms with E-state index in [4.69, 9.17) is 0 Å². The SMILES string of the molecule is CCCCN1CC(C(=O)Nc2ccc(C(=O)Nc3ccccc3F)cc2)CC1=O. The standard InChI is InChI=1S/C22H24FN3O3/c1-2-3-12-26-14-16(13-20(26)27)22(29)24-17-10-8-15(9-11-17)21(28)25-19-7-5-4-6-18(19)23/h4-11,16H,2-3,12-14H2,1H3,(H,24,29)(H,25,28). The number of likely N-dealkylation sites (tertiary alicyclic amines) is 1. The average Bonchev–Trinajstić information content (AvgIpc) is 3.09. The highest BCUT2D eigenvalue weighted by atomic mass is 19.1. The lowest BCUT2D eigenvalue weighted by atomic mass is 10.1. The van der Waals surface area contributed by atoms with Gasteiger partial charge in [-0.25, -0.2) is 4.39 Å². The molecule has 2 aromatic rings. The summed E-state index contributed by atoms with van der Waals surface area (Å²) < 4.78 is 13.7. The maximum absolute atomic E-state index is 13.7. The second-order valence-corrected chi connectivity index (χ2v) is 7.09. The van der Waals surface area contributed by atoms with Gasteiger partial charge in [0.2, 0.25) is 11.8 Å². The van der Waals surface area contributed by atoms with E-state index in [1.807, 2.05) is 0 Å². The topological polar surface area (TPSA) is 78.5 Å². The summed E-state index contributed by atoms with van der Waals surface area (Å²) in [5, 5.41) is 5.31. The van der Waals surface area contributed by atoms with Gasteiger partial charge < -0.3 is 15.5 Å². The molecule has 1 heterocycles. The first kappa shape index (κ1) is 20.5. The summed E-state index contributed by atoms with van der Waals surface area (Å²) in [4.78, 5) is 38.5. The van der Waals surface area contributed by atoms with Crippen LogP contribution in [0.4, 0.5) is 15.8 Å². The Hall–Kier alpha value is -3.22. The molecule has 1 aliphatic heterocycles. The number of anilines is 2. The minimum atomic E-state index is -0.510. The summed E-state index contributed by atoms with van der Waals surface area (Å²) in [5.74, 6) is -1.52. The Morgan fingerprint density at radius 1 is 1.10 bits per heavy atom. The van der Waals surface area contributed by atoms with Gasteiger partial charge in [-0.3, -0.25) is 14.4 Å². The van der Waals surface area contributed by atoms with E-state index in [-0.39, 0.29) is 29.8 Å². The molecule has 1 unspecified atom stereocenters. The maximum Gasteiger partial charge on any atom is 0.255 e. The molecule has 1 atom stereocenters. The number of halogens is 1. The van der Waals surface area contributed by atoms with Crippen LogP contribution in [0.25, 0.3) is 0 Å². The zero-order valence-corrected chi connectivity index (χ0v) is 16.3. The molecule has 0 saturated carbocycles. The molecule has 0 bridgehead atoms. The predicted octanol–water partition coefficient (Wildman–Crippen LogP) is 3.67. The van der Waals surface area contributed by atoms with Gasteiger partial charge in [-0.1, -0.05) is 25.5 Å². The zero-order valence-electron chi connectivity index (χ0n) is 16.3. The molecule has 1 aliphatic rings. The number of carbonyl (C=O) groups is 3. The first-order valence-electron chi connectivity index (χ1n) is 9.72. The van der Waals surface area contributed by atoms with Crippen LogP contribution >= 0.6 is 0 Å². The maximum atomic E-state index is 13.7. The van der Waals surface area contributed by atoms with Crippen LogP contribution in [-0.4, -0.2) is 35.7 Å². The number of hydrogen-bond acceptors (Lipinski definition) is 3. The third-order valence-corrected chi connectivity index (χ3v) is 4.90. The quantitative estimate of drug-likeness (QED) is 0.748. The van der Waals surface area contributed by atoms with Crippen LogP contribution in [0.15, 0.2) is 48.5 Å². The molecule has 3 amide bonds. The Morgan fingerprint density at radius 2 is 1.83 bits per heavy atom. The van der Waals surface area contributed by atoms with Crippen LogP contribution < -0.4 is 10.6 Å². The van der Waals surface area contributed by atoms with Gasteiger partial charge in [-0.15, -0.1) is 0 Å². The van der Waals surface area contributed by atoms with Crippen molar-refractivity contribution in [3.8, 4) is 0 Å². The fourth-order valence-electron chi connectivity index (χ4n) is 3.22. The van der Waals surface area contributed by atoms with E-state index in [2.05, 4.69) is 17.6 Å². The molecule has 7 heteroatoms. The lowest BCUT2D eigenvalue weighted by Crippen LogP contribution is -2.29. The van der Waals surface area contributed by atoms with Crippen molar-refractivity contribution in [1.29, 1.82) is 0 Å². The summed E-state index contributed by atoms with van der Waals surface area (Å²) >= 11 is 0. The van der Waals surface area contributed by atoms with Crippen molar-refractivity contribution in [2.45, 2.75) is 26.2 Å². The number of rotatable bonds is 7. The van der Waals surface area contributed by atoms with E-state index in [0.29, 0.717) is 24.3 Å². The van der Waals surface area contributed by atoms with Crippen molar-refractivity contribution in [2.75, 3.05) is 23.7 Å². The van der Waals surface area contributed by atoms with Crippen molar-refractivity contribution in [2.24, 2.45) is 5.92 Å². The highest BCUT2D eigenvalue weighted by Crippen LogP contribution is 2.21. The van der Waals surface area contributed by atoms with E-state index >= 15 is 0 Å². The Kier molecular flexibility index (Phi) is 6.59. The van der Waals surface area contributed by atoms with Crippen LogP contribution in [0.2, 0.25) is 0 Å². The summed E-state index contributed by atoms with van der Waals surface area (Å²) in [5.41, 5.74) is 0.985. The van der Waals surface area contributed by atoms with Gasteiger partial charge >= 0.3 is 0 Å². The first-order chi connectivity index (χ1) is 14.0. The van der Waals surface area contributed by atoms with Crippen LogP contribution in [-0.2, 0) is 9.59 Å². The normalized spacial score (nSPS) is 16.0. The Bertz CT molecular complexity index is 898. The van der Waals surface area contributed by atoms with Gasteiger partial charge in [-0.05, 0) is 42.8 Å². The molecule has 0 radical (unpaired) electrons. The number of nitrogens with zero attached hydrogens (tertiary/aromatic N) is 1. The molecule has 152 valence electrons. The average molecular weight is 397 g/mol. The molecule has 2 N–H and O–H groups in total. The van der Waals surface area contributed by atoms with E-state index in [1.54, 1.807) is 41.3 Å². The van der Waals surface area contributed by atoms with Gasteiger partial charge in [0.25, 0.3) is 5.91 Å². The molecule has 3 rings (SSSR count). The molecule has 0 aromatic heterocycles. The second kappa shape index (κ2) is 9.32. The number of para-hydroxylation sites is 1. The Balaban J connectivity index is 1.56. The minimum absolute atomic E-state index is 0.0127. The first-order valence-corrected chi connectivity index (χ1v) is 9.72. The molecule has 2 aromatic carbocycles. The fraction of sp³-hybridized carbons (Fsp3) is 0.318. The number of benzene rings is 2. The monoisotopic (exact) mass is 397 g/mol. The third kappa shape index (κ3) is 5.19. The summed E-state index contributed by atoms with van der Waals surface area (Å²) in [7, 11) is 0. The number of amides is 3. The smallest absolute Gasteiger partial charge is 0.255 e. The molecule has 0 aliphatic carbocycles. The second-order valence-electron chi connectivity index (χ2n) is 7.09.